The van der Waals surface area contributed by atoms with Crippen LogP contribution >= 0.6 is 0 Å². The summed E-state index contributed by atoms with van der Waals surface area (Å²) in [5, 5.41) is 0. The summed E-state index contributed by atoms with van der Waals surface area (Å²) in [4.78, 5) is 18.7. The fourth-order valence-electron chi connectivity index (χ4n) is 2.14. The highest BCUT2D eigenvalue weighted by atomic mass is 15.2. The van der Waals surface area contributed by atoms with E-state index in [1.54, 1.807) is 12.4 Å². The molecule has 0 amide bonds. The maximum absolute atomic E-state index is 5.77. The Kier molecular flexibility index (Phi) is 2.76. The van der Waals surface area contributed by atoms with Crippen molar-refractivity contribution in [1.29, 1.82) is 0 Å². The molecular formula is C12H14N6. The zero-order valence-electron chi connectivity index (χ0n) is 9.95. The summed E-state index contributed by atoms with van der Waals surface area (Å²) in [5.41, 5.74) is 7.40. The molecule has 92 valence electrons. The Morgan fingerprint density at radius 1 is 1.06 bits per heavy atom. The first-order chi connectivity index (χ1) is 8.83. The van der Waals surface area contributed by atoms with Crippen LogP contribution in [0.5, 0.6) is 0 Å². The van der Waals surface area contributed by atoms with Crippen molar-refractivity contribution in [2.45, 2.75) is 12.8 Å². The molecule has 0 aromatic carbocycles. The molecule has 2 aromatic rings. The molecule has 6 heteroatoms. The van der Waals surface area contributed by atoms with Crippen LogP contribution in [0.15, 0.2) is 24.8 Å². The summed E-state index contributed by atoms with van der Waals surface area (Å²) >= 11 is 0. The van der Waals surface area contributed by atoms with Gasteiger partial charge >= 0.3 is 0 Å². The normalized spacial score (nSPS) is 15.0. The number of aromatic nitrogens is 4. The molecule has 6 nitrogen and oxygen atoms in total. The van der Waals surface area contributed by atoms with Crippen molar-refractivity contribution in [3.63, 3.8) is 0 Å². The topological polar surface area (TPSA) is 80.8 Å². The number of nitrogens with zero attached hydrogens (tertiary/aromatic N) is 5. The average Bonchev–Trinajstić information content (AvgIpc) is 2.93. The molecule has 3 heterocycles. The molecule has 0 radical (unpaired) electrons. The minimum Gasteiger partial charge on any atom is -0.368 e. The third kappa shape index (κ3) is 2.09. The zero-order chi connectivity index (χ0) is 12.4. The van der Waals surface area contributed by atoms with Crippen LogP contribution in [0, 0.1) is 0 Å². The van der Waals surface area contributed by atoms with Gasteiger partial charge in [-0.2, -0.15) is 4.98 Å². The molecule has 0 spiro atoms. The van der Waals surface area contributed by atoms with Crippen molar-refractivity contribution in [3.8, 4) is 11.3 Å². The molecule has 0 atom stereocenters. The summed E-state index contributed by atoms with van der Waals surface area (Å²) in [6.07, 6.45) is 7.35. The number of anilines is 2. The van der Waals surface area contributed by atoms with E-state index in [4.69, 9.17) is 5.73 Å². The van der Waals surface area contributed by atoms with E-state index < -0.39 is 0 Å². The number of nitrogen functional groups attached to an aromatic ring is 1. The third-order valence-electron chi connectivity index (χ3n) is 3.02. The van der Waals surface area contributed by atoms with E-state index >= 15 is 0 Å². The monoisotopic (exact) mass is 242 g/mol. The van der Waals surface area contributed by atoms with Gasteiger partial charge in [-0.05, 0) is 12.8 Å². The minimum atomic E-state index is 0.290. The molecule has 0 saturated carbocycles. The number of hydrogen-bond donors (Lipinski definition) is 1. The van der Waals surface area contributed by atoms with Gasteiger partial charge in [0, 0.05) is 37.1 Å². The molecule has 1 saturated heterocycles. The van der Waals surface area contributed by atoms with E-state index in [1.165, 1.54) is 19.2 Å². The van der Waals surface area contributed by atoms with Crippen LogP contribution in [0.2, 0.25) is 0 Å². The third-order valence-corrected chi connectivity index (χ3v) is 3.02. The van der Waals surface area contributed by atoms with E-state index in [0.29, 0.717) is 5.95 Å². The van der Waals surface area contributed by atoms with Crippen molar-refractivity contribution in [2.75, 3.05) is 23.7 Å². The van der Waals surface area contributed by atoms with Gasteiger partial charge in [0.25, 0.3) is 0 Å². The summed E-state index contributed by atoms with van der Waals surface area (Å²) in [6, 6.07) is 1.94. The molecule has 0 bridgehead atoms. The lowest BCUT2D eigenvalue weighted by atomic mass is 10.2. The molecule has 1 aliphatic heterocycles. The van der Waals surface area contributed by atoms with Crippen molar-refractivity contribution in [1.82, 2.24) is 19.9 Å². The molecule has 2 N–H and O–H groups in total. The van der Waals surface area contributed by atoms with Crippen molar-refractivity contribution >= 4 is 11.8 Å². The predicted octanol–water partition coefficient (Wildman–Crippen LogP) is 1.12. The van der Waals surface area contributed by atoms with Gasteiger partial charge in [0.15, 0.2) is 0 Å². The van der Waals surface area contributed by atoms with E-state index in [1.807, 2.05) is 6.07 Å². The second kappa shape index (κ2) is 4.56. The summed E-state index contributed by atoms with van der Waals surface area (Å²) < 4.78 is 0. The summed E-state index contributed by atoms with van der Waals surface area (Å²) in [5.74, 6) is 1.18. The lowest BCUT2D eigenvalue weighted by Crippen LogP contribution is -2.19. The highest BCUT2D eigenvalue weighted by Gasteiger charge is 2.15. The first-order valence-corrected chi connectivity index (χ1v) is 5.98. The first-order valence-electron chi connectivity index (χ1n) is 5.98. The Morgan fingerprint density at radius 2 is 1.78 bits per heavy atom. The Balaban J connectivity index is 2.00. The molecule has 1 aliphatic rings. The molecule has 18 heavy (non-hydrogen) atoms. The number of rotatable bonds is 2. The maximum atomic E-state index is 5.77. The number of hydrogen-bond acceptors (Lipinski definition) is 6. The van der Waals surface area contributed by atoms with Crippen LogP contribution in [-0.2, 0) is 0 Å². The SMILES string of the molecule is Nc1nc(-c2cncnc2)cc(N2CCCC2)n1. The van der Waals surface area contributed by atoms with Crippen LogP contribution in [0.4, 0.5) is 11.8 Å². The van der Waals surface area contributed by atoms with Gasteiger partial charge in [-0.3, -0.25) is 0 Å². The smallest absolute Gasteiger partial charge is 0.222 e. The summed E-state index contributed by atoms with van der Waals surface area (Å²) in [6.45, 7) is 2.06. The zero-order valence-corrected chi connectivity index (χ0v) is 9.95. The van der Waals surface area contributed by atoms with Crippen LogP contribution < -0.4 is 10.6 Å². The second-order valence-corrected chi connectivity index (χ2v) is 4.29. The maximum Gasteiger partial charge on any atom is 0.222 e. The van der Waals surface area contributed by atoms with Gasteiger partial charge in [0.05, 0.1) is 5.69 Å². The Labute approximate surface area is 105 Å². The fraction of sp³-hybridized carbons (Fsp3) is 0.333. The van der Waals surface area contributed by atoms with Crippen LogP contribution in [0.1, 0.15) is 12.8 Å². The average molecular weight is 242 g/mol. The largest absolute Gasteiger partial charge is 0.368 e. The van der Waals surface area contributed by atoms with Gasteiger partial charge in [-0.25, -0.2) is 15.0 Å². The quantitative estimate of drug-likeness (QED) is 0.849. The standard InChI is InChI=1S/C12H14N6/c13-12-16-10(9-6-14-8-15-7-9)5-11(17-12)18-3-1-2-4-18/h5-8H,1-4H2,(H2,13,16,17). The molecule has 0 aliphatic carbocycles. The number of nitrogens with two attached hydrogens (primary N) is 1. The van der Waals surface area contributed by atoms with Crippen LogP contribution in [-0.4, -0.2) is 33.0 Å². The molecule has 3 rings (SSSR count). The minimum absolute atomic E-state index is 0.290. The van der Waals surface area contributed by atoms with Crippen molar-refractivity contribution in [3.05, 3.63) is 24.8 Å². The van der Waals surface area contributed by atoms with Crippen LogP contribution in [0.3, 0.4) is 0 Å². The Morgan fingerprint density at radius 3 is 2.50 bits per heavy atom. The van der Waals surface area contributed by atoms with Gasteiger partial charge in [-0.15, -0.1) is 0 Å². The highest BCUT2D eigenvalue weighted by Crippen LogP contribution is 2.23. The van der Waals surface area contributed by atoms with E-state index in [9.17, 15) is 0 Å². The molecule has 1 fully saturated rings. The fourth-order valence-corrected chi connectivity index (χ4v) is 2.14. The van der Waals surface area contributed by atoms with E-state index in [2.05, 4.69) is 24.8 Å². The summed E-state index contributed by atoms with van der Waals surface area (Å²) in [7, 11) is 0. The van der Waals surface area contributed by atoms with E-state index in [0.717, 1.165) is 30.2 Å². The highest BCUT2D eigenvalue weighted by molar-refractivity contribution is 5.63. The molecule has 0 unspecified atom stereocenters. The lowest BCUT2D eigenvalue weighted by molar-refractivity contribution is 0.932. The van der Waals surface area contributed by atoms with Gasteiger partial charge in [-0.1, -0.05) is 0 Å². The van der Waals surface area contributed by atoms with Crippen molar-refractivity contribution in [2.24, 2.45) is 0 Å². The first kappa shape index (κ1) is 10.9. The van der Waals surface area contributed by atoms with Gasteiger partial charge in [0.2, 0.25) is 5.95 Å². The van der Waals surface area contributed by atoms with Gasteiger partial charge in [0.1, 0.15) is 12.1 Å². The van der Waals surface area contributed by atoms with Gasteiger partial charge < -0.3 is 10.6 Å². The molecular weight excluding hydrogens is 228 g/mol. The molecule has 2 aromatic heterocycles. The Hall–Kier alpha value is -2.24. The second-order valence-electron chi connectivity index (χ2n) is 4.29. The Bertz CT molecular complexity index is 536. The van der Waals surface area contributed by atoms with E-state index in [-0.39, 0.29) is 0 Å². The van der Waals surface area contributed by atoms with Crippen molar-refractivity contribution < 1.29 is 0 Å². The van der Waals surface area contributed by atoms with Crippen LogP contribution in [0.25, 0.3) is 11.3 Å². The predicted molar refractivity (Wildman–Crippen MR) is 68.9 cm³/mol. The lowest BCUT2D eigenvalue weighted by Gasteiger charge is -2.17.